The third-order valence-corrected chi connectivity index (χ3v) is 2.94. The van der Waals surface area contributed by atoms with Gasteiger partial charge in [0.25, 0.3) is 0 Å². The van der Waals surface area contributed by atoms with Crippen LogP contribution >= 0.6 is 0 Å². The van der Waals surface area contributed by atoms with E-state index in [4.69, 9.17) is 0 Å². The molecule has 1 heterocycles. The van der Waals surface area contributed by atoms with E-state index in [9.17, 15) is 8.78 Å². The zero-order chi connectivity index (χ0) is 12.1. The summed E-state index contributed by atoms with van der Waals surface area (Å²) in [7, 11) is 0. The first-order valence-electron chi connectivity index (χ1n) is 5.90. The van der Waals surface area contributed by atoms with E-state index in [0.29, 0.717) is 11.5 Å². The topological polar surface area (TPSA) is 12.0 Å². The van der Waals surface area contributed by atoms with E-state index in [1.165, 1.54) is 12.1 Å². The van der Waals surface area contributed by atoms with Crippen LogP contribution in [0.5, 0.6) is 0 Å². The molecule has 0 aliphatic carbocycles. The van der Waals surface area contributed by atoms with Crippen LogP contribution in [0.15, 0.2) is 18.2 Å². The summed E-state index contributed by atoms with van der Waals surface area (Å²) in [6, 6.07) is 3.38. The molecule has 1 fully saturated rings. The maximum atomic E-state index is 12.9. The van der Waals surface area contributed by atoms with E-state index in [2.05, 4.69) is 17.2 Å². The molecule has 0 spiro atoms. The highest BCUT2D eigenvalue weighted by atomic mass is 19.1. The minimum Gasteiger partial charge on any atom is -0.317 e. The van der Waals surface area contributed by atoms with Gasteiger partial charge in [0.05, 0.1) is 0 Å². The van der Waals surface area contributed by atoms with Crippen LogP contribution in [0.25, 0.3) is 0 Å². The summed E-state index contributed by atoms with van der Waals surface area (Å²) >= 11 is 0. The molecule has 0 unspecified atom stereocenters. The molecule has 17 heavy (non-hydrogen) atoms. The number of hydrogen-bond donors (Lipinski definition) is 1. The summed E-state index contributed by atoms with van der Waals surface area (Å²) in [5.41, 5.74) is 0.413. The minimum atomic E-state index is -0.573. The maximum absolute atomic E-state index is 12.9. The van der Waals surface area contributed by atoms with Gasteiger partial charge in [-0.3, -0.25) is 0 Å². The fourth-order valence-corrected chi connectivity index (χ4v) is 2.01. The molecule has 0 amide bonds. The van der Waals surface area contributed by atoms with Crippen LogP contribution in [0, 0.1) is 29.4 Å². The Morgan fingerprint density at radius 1 is 1.12 bits per heavy atom. The van der Waals surface area contributed by atoms with Crippen molar-refractivity contribution in [3.63, 3.8) is 0 Å². The lowest BCUT2D eigenvalue weighted by Gasteiger charge is -2.20. The predicted molar refractivity (Wildman–Crippen MR) is 63.4 cm³/mol. The lowest BCUT2D eigenvalue weighted by atomic mass is 9.95. The molecule has 0 saturated carbocycles. The van der Waals surface area contributed by atoms with Crippen LogP contribution in [0.4, 0.5) is 8.78 Å². The first-order valence-corrected chi connectivity index (χ1v) is 5.90. The largest absolute Gasteiger partial charge is 0.317 e. The minimum absolute atomic E-state index is 0.413. The standard InChI is InChI=1S/C14H15F2N/c15-13-8-12(9-14(16)10-13)3-1-2-11-4-6-17-7-5-11/h8-11,17H,2,4-7H2. The third kappa shape index (κ3) is 3.83. The summed E-state index contributed by atoms with van der Waals surface area (Å²) in [5.74, 6) is 5.31. The van der Waals surface area contributed by atoms with Crippen LogP contribution in [0.3, 0.4) is 0 Å². The van der Waals surface area contributed by atoms with Crippen LogP contribution in [-0.4, -0.2) is 13.1 Å². The summed E-state index contributed by atoms with van der Waals surface area (Å²) in [5, 5.41) is 3.29. The van der Waals surface area contributed by atoms with Gasteiger partial charge in [-0.15, -0.1) is 0 Å². The zero-order valence-corrected chi connectivity index (χ0v) is 9.60. The van der Waals surface area contributed by atoms with Crippen LogP contribution in [0.1, 0.15) is 24.8 Å². The maximum Gasteiger partial charge on any atom is 0.127 e. The number of halogens is 2. The van der Waals surface area contributed by atoms with E-state index < -0.39 is 11.6 Å². The molecule has 0 bridgehead atoms. The molecule has 1 aliphatic heterocycles. The van der Waals surface area contributed by atoms with Crippen molar-refractivity contribution in [2.45, 2.75) is 19.3 Å². The fourth-order valence-electron chi connectivity index (χ4n) is 2.01. The van der Waals surface area contributed by atoms with Gasteiger partial charge in [0.2, 0.25) is 0 Å². The van der Waals surface area contributed by atoms with E-state index in [1.807, 2.05) is 0 Å². The fraction of sp³-hybridized carbons (Fsp3) is 0.429. The van der Waals surface area contributed by atoms with Gasteiger partial charge in [0, 0.05) is 18.1 Å². The molecule has 1 saturated heterocycles. The van der Waals surface area contributed by atoms with Gasteiger partial charge in [0.1, 0.15) is 11.6 Å². The number of hydrogen-bond acceptors (Lipinski definition) is 1. The normalized spacial score (nSPS) is 16.4. The van der Waals surface area contributed by atoms with Gasteiger partial charge in [-0.25, -0.2) is 8.78 Å². The average Bonchev–Trinajstić information content (AvgIpc) is 2.29. The van der Waals surface area contributed by atoms with Gasteiger partial charge >= 0.3 is 0 Å². The van der Waals surface area contributed by atoms with E-state index in [0.717, 1.165) is 38.4 Å². The van der Waals surface area contributed by atoms with Gasteiger partial charge in [-0.05, 0) is 44.0 Å². The van der Waals surface area contributed by atoms with Crippen molar-refractivity contribution < 1.29 is 8.78 Å². The second-order valence-electron chi connectivity index (χ2n) is 4.36. The molecular formula is C14H15F2N. The third-order valence-electron chi connectivity index (χ3n) is 2.94. The quantitative estimate of drug-likeness (QED) is 0.738. The van der Waals surface area contributed by atoms with Gasteiger partial charge < -0.3 is 5.32 Å². The van der Waals surface area contributed by atoms with Crippen LogP contribution < -0.4 is 5.32 Å². The predicted octanol–water partition coefficient (Wildman–Crippen LogP) is 2.71. The Hall–Kier alpha value is -1.40. The van der Waals surface area contributed by atoms with Gasteiger partial charge in [-0.2, -0.15) is 0 Å². The number of piperidine rings is 1. The average molecular weight is 235 g/mol. The second kappa shape index (κ2) is 5.79. The van der Waals surface area contributed by atoms with Crippen molar-refractivity contribution in [1.82, 2.24) is 5.32 Å². The van der Waals surface area contributed by atoms with Gasteiger partial charge in [-0.1, -0.05) is 11.8 Å². The first kappa shape index (κ1) is 12.1. The number of rotatable bonds is 1. The Kier molecular flexibility index (Phi) is 4.11. The SMILES string of the molecule is Fc1cc(F)cc(C#CCC2CCNCC2)c1. The van der Waals surface area contributed by atoms with Crippen molar-refractivity contribution in [2.24, 2.45) is 5.92 Å². The lowest BCUT2D eigenvalue weighted by Crippen LogP contribution is -2.27. The highest BCUT2D eigenvalue weighted by Gasteiger charge is 2.10. The van der Waals surface area contributed by atoms with Crippen molar-refractivity contribution >= 4 is 0 Å². The Morgan fingerprint density at radius 3 is 2.41 bits per heavy atom. The Balaban J connectivity index is 1.95. The molecule has 90 valence electrons. The van der Waals surface area contributed by atoms with E-state index >= 15 is 0 Å². The molecule has 1 N–H and O–H groups in total. The molecule has 0 aromatic heterocycles. The molecule has 2 rings (SSSR count). The van der Waals surface area contributed by atoms with E-state index in [-0.39, 0.29) is 0 Å². The second-order valence-corrected chi connectivity index (χ2v) is 4.36. The summed E-state index contributed by atoms with van der Waals surface area (Å²) in [6.45, 7) is 2.09. The molecule has 0 radical (unpaired) electrons. The Labute approximate surface area is 100 Å². The van der Waals surface area contributed by atoms with Crippen molar-refractivity contribution in [1.29, 1.82) is 0 Å². The zero-order valence-electron chi connectivity index (χ0n) is 9.60. The molecule has 1 aliphatic rings. The van der Waals surface area contributed by atoms with Crippen LogP contribution in [-0.2, 0) is 0 Å². The molecule has 1 aromatic carbocycles. The monoisotopic (exact) mass is 235 g/mol. The summed E-state index contributed by atoms with van der Waals surface area (Å²) in [4.78, 5) is 0. The summed E-state index contributed by atoms with van der Waals surface area (Å²) < 4.78 is 25.8. The molecule has 1 aromatic rings. The smallest absolute Gasteiger partial charge is 0.127 e. The van der Waals surface area contributed by atoms with Crippen molar-refractivity contribution in [3.8, 4) is 11.8 Å². The lowest BCUT2D eigenvalue weighted by molar-refractivity contribution is 0.381. The van der Waals surface area contributed by atoms with E-state index in [1.54, 1.807) is 0 Å². The van der Waals surface area contributed by atoms with Crippen LogP contribution in [0.2, 0.25) is 0 Å². The molecule has 1 nitrogen and oxygen atoms in total. The van der Waals surface area contributed by atoms with Crippen molar-refractivity contribution in [2.75, 3.05) is 13.1 Å². The highest BCUT2D eigenvalue weighted by Crippen LogP contribution is 2.15. The molecule has 0 atom stereocenters. The first-order chi connectivity index (χ1) is 8.24. The Bertz CT molecular complexity index is 419. The Morgan fingerprint density at radius 2 is 1.76 bits per heavy atom. The molecule has 3 heteroatoms. The molecular weight excluding hydrogens is 220 g/mol. The summed E-state index contributed by atoms with van der Waals surface area (Å²) in [6.07, 6.45) is 3.07. The highest BCUT2D eigenvalue weighted by molar-refractivity contribution is 5.34. The number of benzene rings is 1. The van der Waals surface area contributed by atoms with Gasteiger partial charge in [0.15, 0.2) is 0 Å². The number of nitrogens with one attached hydrogen (secondary N) is 1. The van der Waals surface area contributed by atoms with Crippen molar-refractivity contribution in [3.05, 3.63) is 35.4 Å².